The van der Waals surface area contributed by atoms with Gasteiger partial charge in [-0.05, 0) is 43.2 Å². The molecule has 2 aromatic rings. The molecule has 0 aliphatic heterocycles. The number of ether oxygens (including phenoxy) is 1. The Hall–Kier alpha value is -2.66. The van der Waals surface area contributed by atoms with Crippen LogP contribution >= 0.6 is 0 Å². The van der Waals surface area contributed by atoms with E-state index in [0.717, 1.165) is 24.8 Å². The van der Waals surface area contributed by atoms with E-state index in [4.69, 9.17) is 4.74 Å². The van der Waals surface area contributed by atoms with Gasteiger partial charge in [0.2, 0.25) is 5.91 Å². The Bertz CT molecular complexity index is 805. The van der Waals surface area contributed by atoms with Gasteiger partial charge >= 0.3 is 5.97 Å². The molecule has 1 aliphatic carbocycles. The third kappa shape index (κ3) is 5.67. The van der Waals surface area contributed by atoms with E-state index < -0.39 is 5.54 Å². The fourth-order valence-electron chi connectivity index (χ4n) is 3.63. The first-order valence-electron chi connectivity index (χ1n) is 10.2. The number of methoxy groups -OCH3 is 1. The smallest absolute Gasteiger partial charge is 0.326 e. The molecule has 1 aliphatic rings. The number of rotatable bonds is 10. The first-order chi connectivity index (χ1) is 14.0. The maximum Gasteiger partial charge on any atom is 0.326 e. The Morgan fingerprint density at radius 2 is 1.62 bits per heavy atom. The van der Waals surface area contributed by atoms with Crippen LogP contribution in [0.5, 0.6) is 0 Å². The second kappa shape index (κ2) is 9.70. The average molecular weight is 395 g/mol. The molecule has 1 N–H and O–H groups in total. The number of amides is 1. The molecule has 0 aromatic heterocycles. The summed E-state index contributed by atoms with van der Waals surface area (Å²) >= 11 is 0. The van der Waals surface area contributed by atoms with Crippen LogP contribution in [0.4, 0.5) is 0 Å². The molecule has 29 heavy (non-hydrogen) atoms. The first kappa shape index (κ1) is 21.1. The summed E-state index contributed by atoms with van der Waals surface area (Å²) in [5.41, 5.74) is 1.48. The zero-order valence-electron chi connectivity index (χ0n) is 17.3. The third-order valence-corrected chi connectivity index (χ3v) is 5.69. The minimum atomic E-state index is -0.803. The molecular weight excluding hydrogens is 364 g/mol. The summed E-state index contributed by atoms with van der Waals surface area (Å²) in [7, 11) is 1.40. The number of nitrogens with one attached hydrogen (secondary N) is 1. The van der Waals surface area contributed by atoms with Crippen molar-refractivity contribution in [1.29, 1.82) is 0 Å². The van der Waals surface area contributed by atoms with Crippen molar-refractivity contribution in [2.24, 2.45) is 5.92 Å². The van der Waals surface area contributed by atoms with E-state index >= 15 is 0 Å². The fraction of sp³-hybridized carbons (Fsp3) is 0.417. The quantitative estimate of drug-likeness (QED) is 0.629. The second-order valence-corrected chi connectivity index (χ2v) is 7.86. The molecule has 0 radical (unpaired) electrons. The van der Waals surface area contributed by atoms with Gasteiger partial charge in [-0.3, -0.25) is 14.9 Å². The molecule has 5 heteroatoms. The minimum Gasteiger partial charge on any atom is -0.468 e. The summed E-state index contributed by atoms with van der Waals surface area (Å²) in [6, 6.07) is 20.1. The number of carbonyl (C=O) groups is 2. The second-order valence-electron chi connectivity index (χ2n) is 7.86. The van der Waals surface area contributed by atoms with Crippen LogP contribution in [-0.2, 0) is 27.3 Å². The van der Waals surface area contributed by atoms with Crippen molar-refractivity contribution in [3.63, 3.8) is 0 Å². The van der Waals surface area contributed by atoms with Crippen molar-refractivity contribution in [3.8, 4) is 0 Å². The molecular formula is C24H30N2O3. The monoisotopic (exact) mass is 394 g/mol. The lowest BCUT2D eigenvalue weighted by Crippen LogP contribution is -2.55. The van der Waals surface area contributed by atoms with E-state index in [-0.39, 0.29) is 24.3 Å². The zero-order chi connectivity index (χ0) is 20.7. The van der Waals surface area contributed by atoms with Gasteiger partial charge in [0.05, 0.1) is 13.7 Å². The maximum absolute atomic E-state index is 13.1. The summed E-state index contributed by atoms with van der Waals surface area (Å²) in [5.74, 6) is -0.0816. The molecule has 1 fully saturated rings. The Labute approximate surface area is 173 Å². The lowest BCUT2D eigenvalue weighted by atomic mass is 9.96. The van der Waals surface area contributed by atoms with Crippen molar-refractivity contribution in [2.45, 2.75) is 38.3 Å². The Morgan fingerprint density at radius 1 is 1.03 bits per heavy atom. The molecule has 0 unspecified atom stereocenters. The van der Waals surface area contributed by atoms with Gasteiger partial charge in [0, 0.05) is 13.1 Å². The summed E-state index contributed by atoms with van der Waals surface area (Å²) in [5, 5.41) is 3.21. The van der Waals surface area contributed by atoms with E-state index in [1.54, 1.807) is 0 Å². The Morgan fingerprint density at radius 3 is 2.17 bits per heavy atom. The highest BCUT2D eigenvalue weighted by atomic mass is 16.5. The lowest BCUT2D eigenvalue weighted by Gasteiger charge is -2.30. The molecule has 5 nitrogen and oxygen atoms in total. The average Bonchev–Trinajstić information content (AvgIpc) is 3.61. The number of hydrogen-bond acceptors (Lipinski definition) is 4. The van der Waals surface area contributed by atoms with Crippen LogP contribution in [-0.4, -0.2) is 42.5 Å². The summed E-state index contributed by atoms with van der Waals surface area (Å²) in [6.07, 6.45) is 2.75. The highest BCUT2D eigenvalue weighted by Gasteiger charge is 2.48. The van der Waals surface area contributed by atoms with Gasteiger partial charge in [0.15, 0.2) is 0 Å². The molecule has 0 saturated heterocycles. The maximum atomic E-state index is 13.1. The van der Waals surface area contributed by atoms with E-state index in [0.29, 0.717) is 13.1 Å². The molecule has 2 aromatic carbocycles. The third-order valence-electron chi connectivity index (χ3n) is 5.69. The summed E-state index contributed by atoms with van der Waals surface area (Å²) < 4.78 is 4.98. The minimum absolute atomic E-state index is 0.0134. The predicted octanol–water partition coefficient (Wildman–Crippen LogP) is 3.19. The zero-order valence-corrected chi connectivity index (χ0v) is 17.3. The van der Waals surface area contributed by atoms with Crippen LogP contribution in [0.15, 0.2) is 60.7 Å². The topological polar surface area (TPSA) is 58.6 Å². The van der Waals surface area contributed by atoms with Gasteiger partial charge in [0.25, 0.3) is 0 Å². The molecule has 0 heterocycles. The Kier molecular flexibility index (Phi) is 7.04. The molecule has 1 amide bonds. The summed E-state index contributed by atoms with van der Waals surface area (Å²) in [6.45, 7) is 3.13. The van der Waals surface area contributed by atoms with Crippen LogP contribution < -0.4 is 5.32 Å². The van der Waals surface area contributed by atoms with Gasteiger partial charge in [-0.25, -0.2) is 0 Å². The van der Waals surface area contributed by atoms with Crippen LogP contribution in [0.3, 0.4) is 0 Å². The van der Waals surface area contributed by atoms with Gasteiger partial charge in [-0.2, -0.15) is 0 Å². The number of hydrogen-bond donors (Lipinski definition) is 1. The van der Waals surface area contributed by atoms with Crippen molar-refractivity contribution < 1.29 is 14.3 Å². The van der Waals surface area contributed by atoms with Gasteiger partial charge in [-0.1, -0.05) is 60.7 Å². The van der Waals surface area contributed by atoms with E-state index in [2.05, 4.69) is 17.4 Å². The standard InChI is InChI=1S/C24H30N2O3/c1-24(21-13-14-21,23(28)29-2)25-17-22(27)26(18-20-11-7-4-8-12-20)16-15-19-9-5-3-6-10-19/h3-12,21,25H,13-18H2,1-2H3/t24-/m0/s1. The van der Waals surface area contributed by atoms with Crippen molar-refractivity contribution >= 4 is 11.9 Å². The lowest BCUT2D eigenvalue weighted by molar-refractivity contribution is -0.149. The van der Waals surface area contributed by atoms with Gasteiger partial charge in [-0.15, -0.1) is 0 Å². The number of esters is 1. The highest BCUT2D eigenvalue weighted by Crippen LogP contribution is 2.40. The number of nitrogens with zero attached hydrogens (tertiary/aromatic N) is 1. The van der Waals surface area contributed by atoms with Gasteiger partial charge < -0.3 is 9.64 Å². The molecule has 1 atom stereocenters. The predicted molar refractivity (Wildman–Crippen MR) is 113 cm³/mol. The van der Waals surface area contributed by atoms with E-state index in [1.807, 2.05) is 60.4 Å². The normalized spacial score (nSPS) is 15.4. The molecule has 1 saturated carbocycles. The SMILES string of the molecule is COC(=O)[C@@](C)(NCC(=O)N(CCc1ccccc1)Cc1ccccc1)C1CC1. The van der Waals surface area contributed by atoms with Crippen LogP contribution in [0.25, 0.3) is 0 Å². The van der Waals surface area contributed by atoms with Gasteiger partial charge in [0.1, 0.15) is 5.54 Å². The molecule has 154 valence electrons. The Balaban J connectivity index is 1.66. The fourth-order valence-corrected chi connectivity index (χ4v) is 3.63. The van der Waals surface area contributed by atoms with E-state index in [1.165, 1.54) is 12.7 Å². The van der Waals surface area contributed by atoms with E-state index in [9.17, 15) is 9.59 Å². The highest BCUT2D eigenvalue weighted by molar-refractivity contribution is 5.83. The van der Waals surface area contributed by atoms with Crippen LogP contribution in [0.1, 0.15) is 30.9 Å². The molecule has 3 rings (SSSR count). The van der Waals surface area contributed by atoms with Crippen LogP contribution in [0.2, 0.25) is 0 Å². The van der Waals surface area contributed by atoms with Crippen LogP contribution in [0, 0.1) is 5.92 Å². The number of benzene rings is 2. The summed E-state index contributed by atoms with van der Waals surface area (Å²) in [4.78, 5) is 27.2. The molecule has 0 spiro atoms. The molecule has 0 bridgehead atoms. The van der Waals surface area contributed by atoms with Crippen molar-refractivity contribution in [2.75, 3.05) is 20.2 Å². The number of carbonyl (C=O) groups excluding carboxylic acids is 2. The first-order valence-corrected chi connectivity index (χ1v) is 10.2. The van der Waals surface area contributed by atoms with Crippen molar-refractivity contribution in [1.82, 2.24) is 10.2 Å². The van der Waals surface area contributed by atoms with Crippen molar-refractivity contribution in [3.05, 3.63) is 71.8 Å². The largest absolute Gasteiger partial charge is 0.468 e.